The summed E-state index contributed by atoms with van der Waals surface area (Å²) in [5.41, 5.74) is 0. The zero-order chi connectivity index (χ0) is 43.0. The van der Waals surface area contributed by atoms with E-state index in [0.29, 0.717) is 25.9 Å². The summed E-state index contributed by atoms with van der Waals surface area (Å²) in [6.07, 6.45) is 58.3. The van der Waals surface area contributed by atoms with E-state index in [1.54, 1.807) is 0 Å². The van der Waals surface area contributed by atoms with Crippen molar-refractivity contribution in [3.8, 4) is 0 Å². The molecule has 0 aliphatic rings. The summed E-state index contributed by atoms with van der Waals surface area (Å²) in [4.78, 5) is 24.4. The minimum atomic E-state index is -0.697. The van der Waals surface area contributed by atoms with Crippen LogP contribution < -0.4 is 5.32 Å². The summed E-state index contributed by atoms with van der Waals surface area (Å²) >= 11 is 0. The molecule has 0 saturated carbocycles. The maximum Gasteiger partial charge on any atom is 0.305 e. The van der Waals surface area contributed by atoms with Crippen molar-refractivity contribution in [1.29, 1.82) is 0 Å². The van der Waals surface area contributed by atoms with Crippen LogP contribution in [-0.2, 0) is 14.3 Å². The highest BCUT2D eigenvalue weighted by Gasteiger charge is 2.20. The highest BCUT2D eigenvalue weighted by molar-refractivity contribution is 5.76. The molecule has 2 atom stereocenters. The number of esters is 1. The maximum atomic E-state index is 12.4. The van der Waals surface area contributed by atoms with Gasteiger partial charge in [0.05, 0.1) is 25.4 Å². The topological polar surface area (TPSA) is 95.9 Å². The van der Waals surface area contributed by atoms with Crippen LogP contribution >= 0.6 is 0 Å². The molecular weight excluding hydrogens is 731 g/mol. The fourth-order valence-corrected chi connectivity index (χ4v) is 7.66. The Labute approximate surface area is 366 Å². The maximum absolute atomic E-state index is 12.4. The van der Waals surface area contributed by atoms with Crippen LogP contribution in [0.3, 0.4) is 0 Å². The van der Waals surface area contributed by atoms with E-state index < -0.39 is 12.1 Å². The van der Waals surface area contributed by atoms with Crippen LogP contribution in [-0.4, -0.2) is 47.4 Å². The van der Waals surface area contributed by atoms with Crippen molar-refractivity contribution in [2.24, 2.45) is 0 Å². The van der Waals surface area contributed by atoms with E-state index in [9.17, 15) is 19.8 Å². The minimum absolute atomic E-state index is 0.0503. The molecule has 0 radical (unpaired) electrons. The van der Waals surface area contributed by atoms with Gasteiger partial charge >= 0.3 is 5.97 Å². The number of unbranched alkanes of at least 4 members (excludes halogenated alkanes) is 30. The number of aliphatic hydroxyl groups excluding tert-OH is 2. The van der Waals surface area contributed by atoms with Gasteiger partial charge in [-0.15, -0.1) is 0 Å². The smallest absolute Gasteiger partial charge is 0.305 e. The Kier molecular flexibility index (Phi) is 47.2. The van der Waals surface area contributed by atoms with Crippen LogP contribution in [0.5, 0.6) is 0 Å². The van der Waals surface area contributed by atoms with Crippen molar-refractivity contribution in [3.63, 3.8) is 0 Å². The number of nitrogens with one attached hydrogen (secondary N) is 1. The van der Waals surface area contributed by atoms with Gasteiger partial charge in [0.15, 0.2) is 0 Å². The number of rotatable bonds is 47. The van der Waals surface area contributed by atoms with E-state index >= 15 is 0 Å². The summed E-state index contributed by atoms with van der Waals surface area (Å²) in [7, 11) is 0. The molecule has 0 aliphatic carbocycles. The first-order valence-corrected chi connectivity index (χ1v) is 25.7. The number of carbonyl (C=O) groups excluding carboxylic acids is 2. The molecule has 59 heavy (non-hydrogen) atoms. The normalized spacial score (nSPS) is 12.9. The second kappa shape index (κ2) is 48.7. The van der Waals surface area contributed by atoms with E-state index in [0.717, 1.165) is 83.5 Å². The van der Waals surface area contributed by atoms with Gasteiger partial charge < -0.3 is 20.3 Å². The first kappa shape index (κ1) is 57.1. The Bertz CT molecular complexity index is 962. The average Bonchev–Trinajstić information content (AvgIpc) is 3.24. The van der Waals surface area contributed by atoms with Crippen molar-refractivity contribution in [1.82, 2.24) is 5.32 Å². The second-order valence-corrected chi connectivity index (χ2v) is 17.5. The van der Waals surface area contributed by atoms with Crippen molar-refractivity contribution in [2.75, 3.05) is 13.2 Å². The van der Waals surface area contributed by atoms with Crippen molar-refractivity contribution >= 4 is 11.9 Å². The third-order valence-corrected chi connectivity index (χ3v) is 11.7. The van der Waals surface area contributed by atoms with E-state index in [-0.39, 0.29) is 18.5 Å². The number of hydrogen-bond donors (Lipinski definition) is 3. The van der Waals surface area contributed by atoms with Gasteiger partial charge in [0.2, 0.25) is 5.91 Å². The number of hydrogen-bond acceptors (Lipinski definition) is 5. The fraction of sp³-hybridized carbons (Fsp3) is 0.849. The number of allylic oxidation sites excluding steroid dienone is 6. The summed E-state index contributed by atoms with van der Waals surface area (Å²) < 4.78 is 5.43. The summed E-state index contributed by atoms with van der Waals surface area (Å²) in [5, 5.41) is 23.2. The van der Waals surface area contributed by atoms with Gasteiger partial charge in [-0.1, -0.05) is 217 Å². The molecule has 0 spiro atoms. The lowest BCUT2D eigenvalue weighted by Gasteiger charge is -2.22. The lowest BCUT2D eigenvalue weighted by molar-refractivity contribution is -0.143. The molecule has 0 fully saturated rings. The molecule has 6 nitrogen and oxygen atoms in total. The number of ether oxygens (including phenoxy) is 1. The Morgan fingerprint density at radius 2 is 0.881 bits per heavy atom. The van der Waals surface area contributed by atoms with Gasteiger partial charge in [-0.2, -0.15) is 0 Å². The van der Waals surface area contributed by atoms with Crippen LogP contribution in [0, 0.1) is 0 Å². The molecule has 0 saturated heterocycles. The van der Waals surface area contributed by atoms with Gasteiger partial charge in [0.25, 0.3) is 0 Å². The van der Waals surface area contributed by atoms with Crippen LogP contribution in [0.1, 0.15) is 264 Å². The number of aliphatic hydroxyl groups is 2. The summed E-state index contributed by atoms with van der Waals surface area (Å²) in [6, 6.07) is -0.581. The highest BCUT2D eigenvalue weighted by atomic mass is 16.5. The molecular formula is C53H99NO5. The molecule has 3 N–H and O–H groups in total. The molecule has 346 valence electrons. The number of amides is 1. The lowest BCUT2D eigenvalue weighted by Crippen LogP contribution is -2.45. The molecule has 0 aliphatic heterocycles. The van der Waals surface area contributed by atoms with Gasteiger partial charge in [0, 0.05) is 12.8 Å². The molecule has 0 heterocycles. The van der Waals surface area contributed by atoms with Crippen molar-refractivity contribution in [3.05, 3.63) is 36.5 Å². The molecule has 0 aromatic heterocycles. The Hall–Kier alpha value is -1.92. The molecule has 6 heteroatoms. The molecule has 0 rings (SSSR count). The van der Waals surface area contributed by atoms with E-state index in [1.807, 2.05) is 0 Å². The Morgan fingerprint density at radius 1 is 0.475 bits per heavy atom. The third-order valence-electron chi connectivity index (χ3n) is 11.7. The molecule has 1 amide bonds. The predicted octanol–water partition coefficient (Wildman–Crippen LogP) is 15.3. The second-order valence-electron chi connectivity index (χ2n) is 17.5. The quantitative estimate of drug-likeness (QED) is 0.0323. The largest absolute Gasteiger partial charge is 0.466 e. The van der Waals surface area contributed by atoms with Crippen LogP contribution in [0.2, 0.25) is 0 Å². The van der Waals surface area contributed by atoms with Crippen LogP contribution in [0.25, 0.3) is 0 Å². The molecule has 0 aromatic carbocycles. The first-order chi connectivity index (χ1) is 29.0. The van der Waals surface area contributed by atoms with Gasteiger partial charge in [-0.05, 0) is 70.6 Å². The highest BCUT2D eigenvalue weighted by Crippen LogP contribution is 2.16. The minimum Gasteiger partial charge on any atom is -0.466 e. The molecule has 0 bridgehead atoms. The van der Waals surface area contributed by atoms with Gasteiger partial charge in [-0.25, -0.2) is 0 Å². The monoisotopic (exact) mass is 830 g/mol. The van der Waals surface area contributed by atoms with Crippen LogP contribution in [0.4, 0.5) is 0 Å². The standard InChI is InChI=1S/C53H99NO5/c1-3-5-7-9-11-13-15-17-19-20-21-22-23-24-26-29-33-37-41-45-51(56)50(49-55)54-52(57)46-42-38-34-30-28-32-36-40-44-48-59-53(58)47-43-39-35-31-27-25-18-16-14-12-10-8-6-4-2/h10,12,16,18,30,34,50-51,55-56H,3-9,11,13-15,17,19-29,31-33,35-49H2,1-2H3,(H,54,57)/b12-10-,18-16-,34-30-. The van der Waals surface area contributed by atoms with Gasteiger partial charge in [-0.3, -0.25) is 9.59 Å². The first-order valence-electron chi connectivity index (χ1n) is 25.7. The van der Waals surface area contributed by atoms with E-state index in [2.05, 4.69) is 55.6 Å². The number of carbonyl (C=O) groups is 2. The summed E-state index contributed by atoms with van der Waals surface area (Å²) in [6.45, 7) is 4.81. The fourth-order valence-electron chi connectivity index (χ4n) is 7.66. The van der Waals surface area contributed by atoms with E-state index in [1.165, 1.54) is 148 Å². The van der Waals surface area contributed by atoms with Gasteiger partial charge in [0.1, 0.15) is 0 Å². The zero-order valence-corrected chi connectivity index (χ0v) is 39.2. The predicted molar refractivity (Wildman–Crippen MR) is 255 cm³/mol. The van der Waals surface area contributed by atoms with E-state index in [4.69, 9.17) is 4.74 Å². The SMILES string of the molecule is CCCC/C=C\C/C=C\CCCCCCCC(=O)OCCCCCC/C=C\CCCC(=O)NC(CO)C(O)CCCCCCCCCCCCCCCCCCCCC. The van der Waals surface area contributed by atoms with Crippen LogP contribution in [0.15, 0.2) is 36.5 Å². The van der Waals surface area contributed by atoms with Crippen molar-refractivity contribution in [2.45, 2.75) is 276 Å². The van der Waals surface area contributed by atoms with Crippen molar-refractivity contribution < 1.29 is 24.5 Å². The Morgan fingerprint density at radius 3 is 1.39 bits per heavy atom. The third kappa shape index (κ3) is 45.4. The molecule has 2 unspecified atom stereocenters. The lowest BCUT2D eigenvalue weighted by atomic mass is 10.0. The average molecular weight is 830 g/mol. The zero-order valence-electron chi connectivity index (χ0n) is 39.2. The Balaban J connectivity index is 3.56. The molecule has 0 aromatic rings. The summed E-state index contributed by atoms with van der Waals surface area (Å²) in [5.74, 6) is -0.146.